The molecule has 0 heterocycles. The molecule has 0 bridgehead atoms. The molecule has 0 aliphatic heterocycles. The summed E-state index contributed by atoms with van der Waals surface area (Å²) in [5, 5.41) is 8.52. The molecule has 0 aliphatic rings. The second-order valence-corrected chi connectivity index (χ2v) is 3.73. The Balaban J connectivity index is 4.25. The van der Waals surface area contributed by atoms with Gasteiger partial charge in [0.15, 0.2) is 0 Å². The van der Waals surface area contributed by atoms with E-state index in [1.165, 1.54) is 0 Å². The van der Waals surface area contributed by atoms with Gasteiger partial charge < -0.3 is 14.7 Å². The topological polar surface area (TPSA) is 66.8 Å². The van der Waals surface area contributed by atoms with Crippen LogP contribution in [0.15, 0.2) is 0 Å². The van der Waals surface area contributed by atoms with Crippen LogP contribution in [0.25, 0.3) is 0 Å². The summed E-state index contributed by atoms with van der Waals surface area (Å²) in [6, 6.07) is 0.122. The molecule has 0 saturated carbocycles. The van der Waals surface area contributed by atoms with Crippen molar-refractivity contribution in [2.24, 2.45) is 0 Å². The van der Waals surface area contributed by atoms with Crippen LogP contribution in [0, 0.1) is 0 Å². The number of methoxy groups -OCH3 is 1. The van der Waals surface area contributed by atoms with Crippen molar-refractivity contribution in [1.82, 2.24) is 4.90 Å². The molecule has 0 spiro atoms. The molecule has 94 valence electrons. The van der Waals surface area contributed by atoms with E-state index < -0.39 is 5.97 Å². The lowest BCUT2D eigenvalue weighted by Gasteiger charge is -2.28. The van der Waals surface area contributed by atoms with Gasteiger partial charge in [-0.3, -0.25) is 9.59 Å². The van der Waals surface area contributed by atoms with Gasteiger partial charge in [-0.25, -0.2) is 0 Å². The first-order valence-electron chi connectivity index (χ1n) is 5.53. The minimum absolute atomic E-state index is 0.0589. The minimum Gasteiger partial charge on any atom is -0.481 e. The standard InChI is InChI=1S/C11H21NO4/c1-4-9(2)12(7-8-16-3)10(13)5-6-11(14)15/h9H,4-8H2,1-3H3,(H,14,15). The normalized spacial score (nSPS) is 12.2. The fourth-order valence-corrected chi connectivity index (χ4v) is 1.36. The van der Waals surface area contributed by atoms with Crippen LogP contribution in [-0.4, -0.2) is 48.2 Å². The predicted molar refractivity (Wildman–Crippen MR) is 60.2 cm³/mol. The van der Waals surface area contributed by atoms with E-state index in [9.17, 15) is 9.59 Å². The lowest BCUT2D eigenvalue weighted by atomic mass is 10.2. The van der Waals surface area contributed by atoms with Gasteiger partial charge in [-0.1, -0.05) is 6.92 Å². The second-order valence-electron chi connectivity index (χ2n) is 3.73. The molecular weight excluding hydrogens is 210 g/mol. The fourth-order valence-electron chi connectivity index (χ4n) is 1.36. The predicted octanol–water partition coefficient (Wildman–Crippen LogP) is 1.12. The maximum Gasteiger partial charge on any atom is 0.303 e. The van der Waals surface area contributed by atoms with Gasteiger partial charge in [0.05, 0.1) is 13.0 Å². The Hall–Kier alpha value is -1.10. The van der Waals surface area contributed by atoms with Gasteiger partial charge in [0.25, 0.3) is 0 Å². The first-order chi connectivity index (χ1) is 7.52. The zero-order valence-corrected chi connectivity index (χ0v) is 10.2. The van der Waals surface area contributed by atoms with Gasteiger partial charge >= 0.3 is 5.97 Å². The third kappa shape index (κ3) is 5.70. The van der Waals surface area contributed by atoms with Crippen LogP contribution in [0.5, 0.6) is 0 Å². The first-order valence-corrected chi connectivity index (χ1v) is 5.53. The number of hydrogen-bond donors (Lipinski definition) is 1. The van der Waals surface area contributed by atoms with Crippen LogP contribution in [-0.2, 0) is 14.3 Å². The number of carboxylic acids is 1. The summed E-state index contributed by atoms with van der Waals surface area (Å²) in [5.41, 5.74) is 0. The zero-order chi connectivity index (χ0) is 12.6. The molecule has 0 aromatic heterocycles. The quantitative estimate of drug-likeness (QED) is 0.680. The summed E-state index contributed by atoms with van der Waals surface area (Å²) in [7, 11) is 1.58. The fraction of sp³-hybridized carbons (Fsp3) is 0.818. The van der Waals surface area contributed by atoms with Crippen molar-refractivity contribution < 1.29 is 19.4 Å². The number of hydrogen-bond acceptors (Lipinski definition) is 3. The number of carbonyl (C=O) groups is 2. The van der Waals surface area contributed by atoms with Gasteiger partial charge in [0.1, 0.15) is 0 Å². The van der Waals surface area contributed by atoms with Crippen molar-refractivity contribution in [3.05, 3.63) is 0 Å². The summed E-state index contributed by atoms with van der Waals surface area (Å²) >= 11 is 0. The van der Waals surface area contributed by atoms with Crippen LogP contribution in [0.4, 0.5) is 0 Å². The SMILES string of the molecule is CCC(C)N(CCOC)C(=O)CCC(=O)O. The molecule has 1 atom stereocenters. The Labute approximate surface area is 96.4 Å². The summed E-state index contributed by atoms with van der Waals surface area (Å²) in [4.78, 5) is 23.8. The second kappa shape index (κ2) is 8.10. The molecule has 0 radical (unpaired) electrons. The number of nitrogens with zero attached hydrogens (tertiary/aromatic N) is 1. The van der Waals surface area contributed by atoms with Gasteiger partial charge in [-0.2, -0.15) is 0 Å². The molecule has 0 aromatic carbocycles. The minimum atomic E-state index is -0.941. The van der Waals surface area contributed by atoms with Gasteiger partial charge in [-0.15, -0.1) is 0 Å². The highest BCUT2D eigenvalue weighted by Gasteiger charge is 2.18. The van der Waals surface area contributed by atoms with Crippen LogP contribution in [0.1, 0.15) is 33.1 Å². The van der Waals surface area contributed by atoms with Crippen molar-refractivity contribution in [2.75, 3.05) is 20.3 Å². The zero-order valence-electron chi connectivity index (χ0n) is 10.2. The Morgan fingerprint density at radius 1 is 1.38 bits per heavy atom. The van der Waals surface area contributed by atoms with E-state index >= 15 is 0 Å². The van der Waals surface area contributed by atoms with E-state index in [2.05, 4.69) is 0 Å². The first kappa shape index (κ1) is 14.9. The number of rotatable bonds is 8. The summed E-state index contributed by atoms with van der Waals surface area (Å²) in [6.07, 6.45) is 0.796. The van der Waals surface area contributed by atoms with E-state index in [-0.39, 0.29) is 24.8 Å². The van der Waals surface area contributed by atoms with Crippen molar-refractivity contribution in [2.45, 2.75) is 39.2 Å². The summed E-state index contributed by atoms with van der Waals surface area (Å²) < 4.78 is 4.93. The average Bonchev–Trinajstić information content (AvgIpc) is 2.26. The van der Waals surface area contributed by atoms with Crippen molar-refractivity contribution in [3.8, 4) is 0 Å². The Morgan fingerprint density at radius 2 is 2.00 bits per heavy atom. The molecule has 0 fully saturated rings. The van der Waals surface area contributed by atoms with Gasteiger partial charge in [-0.05, 0) is 13.3 Å². The Bertz CT molecular complexity index is 230. The summed E-state index contributed by atoms with van der Waals surface area (Å²) in [5.74, 6) is -1.06. The number of amides is 1. The molecule has 16 heavy (non-hydrogen) atoms. The van der Waals surface area contributed by atoms with E-state index in [0.29, 0.717) is 13.2 Å². The molecule has 5 heteroatoms. The van der Waals surface area contributed by atoms with E-state index in [0.717, 1.165) is 6.42 Å². The van der Waals surface area contributed by atoms with Crippen LogP contribution in [0.3, 0.4) is 0 Å². The maximum absolute atomic E-state index is 11.8. The molecule has 0 rings (SSSR count). The lowest BCUT2D eigenvalue weighted by molar-refractivity contribution is -0.141. The molecule has 5 nitrogen and oxygen atoms in total. The van der Waals surface area contributed by atoms with E-state index in [4.69, 9.17) is 9.84 Å². The Kier molecular flexibility index (Phi) is 7.54. The van der Waals surface area contributed by atoms with Crippen molar-refractivity contribution in [1.29, 1.82) is 0 Å². The van der Waals surface area contributed by atoms with Crippen molar-refractivity contribution in [3.63, 3.8) is 0 Å². The highest BCUT2D eigenvalue weighted by molar-refractivity contribution is 5.80. The smallest absolute Gasteiger partial charge is 0.303 e. The molecule has 0 aliphatic carbocycles. The third-order valence-electron chi connectivity index (χ3n) is 2.53. The van der Waals surface area contributed by atoms with Gasteiger partial charge in [0.2, 0.25) is 5.91 Å². The van der Waals surface area contributed by atoms with E-state index in [1.807, 2.05) is 13.8 Å². The molecule has 1 unspecified atom stereocenters. The number of ether oxygens (including phenoxy) is 1. The van der Waals surface area contributed by atoms with Crippen LogP contribution >= 0.6 is 0 Å². The lowest BCUT2D eigenvalue weighted by Crippen LogP contribution is -2.40. The van der Waals surface area contributed by atoms with Crippen molar-refractivity contribution >= 4 is 11.9 Å². The number of aliphatic carboxylic acids is 1. The highest BCUT2D eigenvalue weighted by Crippen LogP contribution is 2.07. The summed E-state index contributed by atoms with van der Waals surface area (Å²) in [6.45, 7) is 4.94. The van der Waals surface area contributed by atoms with Crippen LogP contribution < -0.4 is 0 Å². The molecule has 1 N–H and O–H groups in total. The molecule has 1 amide bonds. The number of carboxylic acid groups (broad SMARTS) is 1. The maximum atomic E-state index is 11.8. The number of carbonyl (C=O) groups excluding carboxylic acids is 1. The van der Waals surface area contributed by atoms with Gasteiger partial charge in [0, 0.05) is 26.1 Å². The molecule has 0 saturated heterocycles. The van der Waals surface area contributed by atoms with E-state index in [1.54, 1.807) is 12.0 Å². The monoisotopic (exact) mass is 231 g/mol. The highest BCUT2D eigenvalue weighted by atomic mass is 16.5. The molecule has 0 aromatic rings. The molecular formula is C11H21NO4. The largest absolute Gasteiger partial charge is 0.481 e. The Morgan fingerprint density at radius 3 is 2.44 bits per heavy atom. The van der Waals surface area contributed by atoms with Crippen LogP contribution in [0.2, 0.25) is 0 Å². The third-order valence-corrected chi connectivity index (χ3v) is 2.53. The average molecular weight is 231 g/mol.